The summed E-state index contributed by atoms with van der Waals surface area (Å²) >= 11 is 1.49. The van der Waals surface area contributed by atoms with Gasteiger partial charge >= 0.3 is 0 Å². The molecule has 1 atom stereocenters. The second-order valence-corrected chi connectivity index (χ2v) is 8.16. The van der Waals surface area contributed by atoms with Gasteiger partial charge in [0.25, 0.3) is 0 Å². The van der Waals surface area contributed by atoms with Crippen molar-refractivity contribution in [3.05, 3.63) is 17.4 Å². The van der Waals surface area contributed by atoms with E-state index < -0.39 is 0 Å². The fourth-order valence-electron chi connectivity index (χ4n) is 3.15. The summed E-state index contributed by atoms with van der Waals surface area (Å²) in [5, 5.41) is 9.34. The van der Waals surface area contributed by atoms with E-state index in [9.17, 15) is 4.79 Å². The van der Waals surface area contributed by atoms with Gasteiger partial charge in [0.15, 0.2) is 10.8 Å². The molecule has 0 spiro atoms. The summed E-state index contributed by atoms with van der Waals surface area (Å²) in [5.74, 6) is 0.839. The lowest BCUT2D eigenvalue weighted by Gasteiger charge is -2.30. The summed E-state index contributed by atoms with van der Waals surface area (Å²) in [4.78, 5) is 23.3. The zero-order chi connectivity index (χ0) is 16.4. The molecule has 2 aromatic rings. The molecule has 0 bridgehead atoms. The first-order chi connectivity index (χ1) is 10.9. The number of rotatable bonds is 4. The molecule has 1 fully saturated rings. The van der Waals surface area contributed by atoms with Gasteiger partial charge in [-0.3, -0.25) is 9.89 Å². The summed E-state index contributed by atoms with van der Waals surface area (Å²) in [7, 11) is 0. The van der Waals surface area contributed by atoms with Crippen LogP contribution in [-0.2, 0) is 11.2 Å². The third-order valence-corrected chi connectivity index (χ3v) is 4.94. The number of thiazole rings is 1. The molecule has 3 heterocycles. The van der Waals surface area contributed by atoms with Crippen LogP contribution in [-0.4, -0.2) is 43.6 Å². The number of aromatic nitrogens is 4. The Balaban J connectivity index is 1.64. The summed E-state index contributed by atoms with van der Waals surface area (Å²) in [6, 6.07) is 0.370. The first-order valence-electron chi connectivity index (χ1n) is 8.02. The first-order valence-corrected chi connectivity index (χ1v) is 8.90. The molecule has 0 saturated carbocycles. The molecule has 0 radical (unpaired) electrons. The van der Waals surface area contributed by atoms with Gasteiger partial charge in [0, 0.05) is 18.0 Å². The molecule has 1 N–H and O–H groups in total. The summed E-state index contributed by atoms with van der Waals surface area (Å²) < 4.78 is 0. The van der Waals surface area contributed by atoms with Crippen LogP contribution in [0.2, 0.25) is 0 Å². The van der Waals surface area contributed by atoms with Crippen molar-refractivity contribution in [3.8, 4) is 10.8 Å². The topological polar surface area (TPSA) is 74.8 Å². The number of carbonyl (C=O) groups excluding carboxylic acids is 1. The minimum atomic E-state index is 0.186. The lowest BCUT2D eigenvalue weighted by atomic mass is 9.87. The number of aromatic amines is 1. The van der Waals surface area contributed by atoms with Gasteiger partial charge in [-0.2, -0.15) is 5.10 Å². The van der Waals surface area contributed by atoms with Crippen molar-refractivity contribution in [2.45, 2.75) is 52.5 Å². The van der Waals surface area contributed by atoms with Crippen LogP contribution in [0.5, 0.6) is 0 Å². The van der Waals surface area contributed by atoms with Crippen molar-refractivity contribution in [2.75, 3.05) is 6.54 Å². The number of nitrogens with one attached hydrogen (secondary N) is 1. The van der Waals surface area contributed by atoms with Crippen molar-refractivity contribution in [1.82, 2.24) is 25.1 Å². The Kier molecular flexibility index (Phi) is 4.48. The molecular formula is C16H23N5OS. The molecule has 124 valence electrons. The van der Waals surface area contributed by atoms with Crippen LogP contribution in [0.4, 0.5) is 0 Å². The van der Waals surface area contributed by atoms with Crippen LogP contribution >= 0.6 is 11.3 Å². The molecule has 1 saturated heterocycles. The Hall–Kier alpha value is -1.76. The standard InChI is InChI=1S/C16H23N5OS/c1-16(2,3)8-12-5-4-6-21(12)13(22)7-11-9-23-15(19-11)14-17-10-18-20-14/h9-10,12H,4-8H2,1-3H3,(H,17,18,20). The fourth-order valence-corrected chi connectivity index (χ4v) is 3.91. The molecule has 7 heteroatoms. The van der Waals surface area contributed by atoms with Crippen LogP contribution in [0.3, 0.4) is 0 Å². The smallest absolute Gasteiger partial charge is 0.228 e. The van der Waals surface area contributed by atoms with E-state index in [1.165, 1.54) is 17.7 Å². The molecule has 1 unspecified atom stereocenters. The molecule has 23 heavy (non-hydrogen) atoms. The van der Waals surface area contributed by atoms with Gasteiger partial charge in [-0.25, -0.2) is 9.97 Å². The van der Waals surface area contributed by atoms with Crippen molar-refractivity contribution >= 4 is 17.2 Å². The van der Waals surface area contributed by atoms with Crippen molar-refractivity contribution in [2.24, 2.45) is 5.41 Å². The number of nitrogens with zero attached hydrogens (tertiary/aromatic N) is 4. The fraction of sp³-hybridized carbons (Fsp3) is 0.625. The Labute approximate surface area is 140 Å². The Morgan fingerprint density at radius 2 is 2.30 bits per heavy atom. The lowest BCUT2D eigenvalue weighted by molar-refractivity contribution is -0.131. The third-order valence-electron chi connectivity index (χ3n) is 4.05. The molecule has 3 rings (SSSR count). The highest BCUT2D eigenvalue weighted by Gasteiger charge is 2.31. The predicted molar refractivity (Wildman–Crippen MR) is 90.0 cm³/mol. The van der Waals surface area contributed by atoms with Gasteiger partial charge in [-0.15, -0.1) is 11.3 Å². The normalized spacial score (nSPS) is 18.6. The predicted octanol–water partition coefficient (Wildman–Crippen LogP) is 2.90. The van der Waals surface area contributed by atoms with E-state index in [4.69, 9.17) is 0 Å². The van der Waals surface area contributed by atoms with Crippen LogP contribution in [0.15, 0.2) is 11.7 Å². The van der Waals surface area contributed by atoms with Crippen LogP contribution < -0.4 is 0 Å². The molecule has 1 amide bonds. The maximum atomic E-state index is 12.7. The molecule has 1 aliphatic heterocycles. The number of likely N-dealkylation sites (tertiary alicyclic amines) is 1. The molecule has 6 nitrogen and oxygen atoms in total. The summed E-state index contributed by atoms with van der Waals surface area (Å²) in [6.45, 7) is 7.58. The quantitative estimate of drug-likeness (QED) is 0.933. The van der Waals surface area contributed by atoms with Crippen molar-refractivity contribution < 1.29 is 4.79 Å². The first kappa shape index (κ1) is 16.1. The summed E-state index contributed by atoms with van der Waals surface area (Å²) in [6.07, 6.45) is 5.10. The Morgan fingerprint density at radius 3 is 3.00 bits per heavy atom. The second kappa shape index (κ2) is 6.39. The maximum absolute atomic E-state index is 12.7. The molecule has 0 aromatic carbocycles. The third kappa shape index (κ3) is 3.96. The van der Waals surface area contributed by atoms with Crippen LogP contribution in [0, 0.1) is 5.41 Å². The SMILES string of the molecule is CC(C)(C)CC1CCCN1C(=O)Cc1csc(-c2ncn[nH]2)n1. The number of hydrogen-bond acceptors (Lipinski definition) is 5. The maximum Gasteiger partial charge on any atom is 0.228 e. The zero-order valence-electron chi connectivity index (χ0n) is 13.9. The van der Waals surface area contributed by atoms with E-state index in [1.54, 1.807) is 0 Å². The van der Waals surface area contributed by atoms with E-state index in [0.29, 0.717) is 18.3 Å². The van der Waals surface area contributed by atoms with Gasteiger partial charge in [0.05, 0.1) is 12.1 Å². The Morgan fingerprint density at radius 1 is 1.48 bits per heavy atom. The minimum absolute atomic E-state index is 0.186. The van der Waals surface area contributed by atoms with Crippen LogP contribution in [0.25, 0.3) is 10.8 Å². The number of amides is 1. The number of carbonyl (C=O) groups is 1. The highest BCUT2D eigenvalue weighted by molar-refractivity contribution is 7.13. The van der Waals surface area contributed by atoms with Crippen molar-refractivity contribution in [1.29, 1.82) is 0 Å². The van der Waals surface area contributed by atoms with Crippen LogP contribution in [0.1, 0.15) is 45.7 Å². The Bertz CT molecular complexity index is 658. The van der Waals surface area contributed by atoms with E-state index in [0.717, 1.165) is 36.5 Å². The monoisotopic (exact) mass is 333 g/mol. The van der Waals surface area contributed by atoms with E-state index in [2.05, 4.69) is 45.8 Å². The highest BCUT2D eigenvalue weighted by atomic mass is 32.1. The molecule has 0 aliphatic carbocycles. The average molecular weight is 333 g/mol. The largest absolute Gasteiger partial charge is 0.339 e. The van der Waals surface area contributed by atoms with Gasteiger partial charge in [0.2, 0.25) is 5.91 Å². The van der Waals surface area contributed by atoms with Gasteiger partial charge in [-0.1, -0.05) is 20.8 Å². The summed E-state index contributed by atoms with van der Waals surface area (Å²) in [5.41, 5.74) is 1.06. The van der Waals surface area contributed by atoms with E-state index >= 15 is 0 Å². The second-order valence-electron chi connectivity index (χ2n) is 7.30. The van der Waals surface area contributed by atoms with Crippen molar-refractivity contribution in [3.63, 3.8) is 0 Å². The van der Waals surface area contributed by atoms with Gasteiger partial charge < -0.3 is 4.90 Å². The molecular weight excluding hydrogens is 310 g/mol. The highest BCUT2D eigenvalue weighted by Crippen LogP contribution is 2.30. The zero-order valence-corrected chi connectivity index (χ0v) is 14.7. The molecule has 1 aliphatic rings. The van der Waals surface area contributed by atoms with E-state index in [1.807, 2.05) is 5.38 Å². The number of H-pyrrole nitrogens is 1. The molecule has 2 aromatic heterocycles. The van der Waals surface area contributed by atoms with Gasteiger partial charge in [-0.05, 0) is 24.7 Å². The number of hydrogen-bond donors (Lipinski definition) is 1. The lowest BCUT2D eigenvalue weighted by Crippen LogP contribution is -2.38. The van der Waals surface area contributed by atoms with Gasteiger partial charge in [0.1, 0.15) is 6.33 Å². The minimum Gasteiger partial charge on any atom is -0.339 e. The van der Waals surface area contributed by atoms with E-state index in [-0.39, 0.29) is 11.3 Å². The average Bonchev–Trinajstić information content (AvgIpc) is 3.16.